The molecule has 2 amide bonds. The van der Waals surface area contributed by atoms with E-state index in [1.165, 1.54) is 5.56 Å². The number of hydrogen-bond donors (Lipinski definition) is 2. The van der Waals surface area contributed by atoms with E-state index >= 15 is 0 Å². The Bertz CT molecular complexity index is 482. The molecule has 2 N–H and O–H groups in total. The van der Waals surface area contributed by atoms with Crippen LogP contribution < -0.4 is 10.6 Å². The number of benzene rings is 1. The van der Waals surface area contributed by atoms with Gasteiger partial charge in [-0.25, -0.2) is 0 Å². The molecule has 0 radical (unpaired) electrons. The highest BCUT2D eigenvalue weighted by Gasteiger charge is 2.26. The Morgan fingerprint density at radius 1 is 1.27 bits per heavy atom. The molecule has 122 valence electrons. The predicted octanol–water partition coefficient (Wildman–Crippen LogP) is 0.978. The average Bonchev–Trinajstić information content (AvgIpc) is 2.94. The maximum absolute atomic E-state index is 12.2. The molecule has 0 spiro atoms. The third-order valence-electron chi connectivity index (χ3n) is 3.71. The molecular formula is C16H24ClN3O2. The summed E-state index contributed by atoms with van der Waals surface area (Å²) in [7, 11) is 1.74. The highest BCUT2D eigenvalue weighted by Crippen LogP contribution is 2.12. The first-order valence-corrected chi connectivity index (χ1v) is 7.44. The van der Waals surface area contributed by atoms with Crippen LogP contribution in [0, 0.1) is 0 Å². The topological polar surface area (TPSA) is 61.4 Å². The first kappa shape index (κ1) is 18.5. The molecule has 1 aliphatic rings. The van der Waals surface area contributed by atoms with Gasteiger partial charge in [-0.1, -0.05) is 30.3 Å². The van der Waals surface area contributed by atoms with Crippen LogP contribution in [0.1, 0.15) is 18.4 Å². The van der Waals surface area contributed by atoms with Crippen LogP contribution in [0.25, 0.3) is 0 Å². The monoisotopic (exact) mass is 325 g/mol. The molecule has 5 nitrogen and oxygen atoms in total. The summed E-state index contributed by atoms with van der Waals surface area (Å²) in [5.41, 5.74) is 1.18. The lowest BCUT2D eigenvalue weighted by atomic mass is 10.1. The highest BCUT2D eigenvalue weighted by molar-refractivity contribution is 5.85. The number of hydrogen-bond acceptors (Lipinski definition) is 3. The second-order valence-corrected chi connectivity index (χ2v) is 5.41. The van der Waals surface area contributed by atoms with Crippen LogP contribution in [0.4, 0.5) is 0 Å². The number of carbonyl (C=O) groups is 2. The normalized spacial score (nSPS) is 17.0. The number of nitrogens with one attached hydrogen (secondary N) is 2. The van der Waals surface area contributed by atoms with Gasteiger partial charge in [0.15, 0.2) is 0 Å². The molecule has 2 rings (SSSR count). The van der Waals surface area contributed by atoms with Crippen molar-refractivity contribution in [1.82, 2.24) is 15.5 Å². The molecule has 1 aliphatic heterocycles. The second-order valence-electron chi connectivity index (χ2n) is 5.41. The van der Waals surface area contributed by atoms with E-state index in [-0.39, 0.29) is 30.3 Å². The lowest BCUT2D eigenvalue weighted by molar-refractivity contribution is -0.130. The number of aryl methyl sites for hydroxylation is 1. The molecular weight excluding hydrogens is 302 g/mol. The SMILES string of the molecule is CNCC(=O)NC1CCN(C(=O)CCc2ccccc2)C1.Cl. The van der Waals surface area contributed by atoms with E-state index in [0.29, 0.717) is 19.5 Å². The average molecular weight is 326 g/mol. The largest absolute Gasteiger partial charge is 0.350 e. The van der Waals surface area contributed by atoms with E-state index in [0.717, 1.165) is 19.4 Å². The van der Waals surface area contributed by atoms with E-state index in [1.54, 1.807) is 7.05 Å². The molecule has 1 aromatic rings. The number of likely N-dealkylation sites (N-methyl/N-ethyl adjacent to an activating group) is 1. The minimum atomic E-state index is -0.0129. The van der Waals surface area contributed by atoms with Gasteiger partial charge in [-0.05, 0) is 25.5 Å². The smallest absolute Gasteiger partial charge is 0.234 e. The van der Waals surface area contributed by atoms with Gasteiger partial charge in [-0.2, -0.15) is 0 Å². The van der Waals surface area contributed by atoms with Crippen molar-refractivity contribution < 1.29 is 9.59 Å². The minimum Gasteiger partial charge on any atom is -0.350 e. The molecule has 1 saturated heterocycles. The Morgan fingerprint density at radius 3 is 2.68 bits per heavy atom. The number of rotatable bonds is 6. The quantitative estimate of drug-likeness (QED) is 0.819. The van der Waals surface area contributed by atoms with Crippen LogP contribution in [-0.2, 0) is 16.0 Å². The number of amides is 2. The molecule has 22 heavy (non-hydrogen) atoms. The number of likely N-dealkylation sites (tertiary alicyclic amines) is 1. The van der Waals surface area contributed by atoms with E-state index in [4.69, 9.17) is 0 Å². The Morgan fingerprint density at radius 2 is 2.00 bits per heavy atom. The Labute approximate surface area is 137 Å². The van der Waals surface area contributed by atoms with Crippen molar-refractivity contribution in [2.24, 2.45) is 0 Å². The summed E-state index contributed by atoms with van der Waals surface area (Å²) >= 11 is 0. The van der Waals surface area contributed by atoms with Crippen LogP contribution in [0.2, 0.25) is 0 Å². The van der Waals surface area contributed by atoms with Crippen molar-refractivity contribution in [3.8, 4) is 0 Å². The third-order valence-corrected chi connectivity index (χ3v) is 3.71. The Hall–Kier alpha value is -1.59. The lowest BCUT2D eigenvalue weighted by Gasteiger charge is -2.17. The third kappa shape index (κ3) is 5.66. The van der Waals surface area contributed by atoms with Gasteiger partial charge in [0.1, 0.15) is 0 Å². The first-order valence-electron chi connectivity index (χ1n) is 7.44. The summed E-state index contributed by atoms with van der Waals surface area (Å²) in [5, 5.41) is 5.76. The van der Waals surface area contributed by atoms with Crippen LogP contribution >= 0.6 is 12.4 Å². The van der Waals surface area contributed by atoms with Gasteiger partial charge in [0.25, 0.3) is 0 Å². The van der Waals surface area contributed by atoms with Gasteiger partial charge in [0.05, 0.1) is 6.54 Å². The molecule has 6 heteroatoms. The summed E-state index contributed by atoms with van der Waals surface area (Å²) in [4.78, 5) is 25.5. The van der Waals surface area contributed by atoms with Crippen molar-refractivity contribution in [3.63, 3.8) is 0 Å². The summed E-state index contributed by atoms with van der Waals surface area (Å²) in [6.45, 7) is 1.68. The fraction of sp³-hybridized carbons (Fsp3) is 0.500. The van der Waals surface area contributed by atoms with Crippen molar-refractivity contribution in [2.45, 2.75) is 25.3 Å². The van der Waals surface area contributed by atoms with Gasteiger partial charge in [0.2, 0.25) is 11.8 Å². The molecule has 1 heterocycles. The fourth-order valence-corrected chi connectivity index (χ4v) is 2.60. The van der Waals surface area contributed by atoms with Crippen LogP contribution in [0.5, 0.6) is 0 Å². The second kappa shape index (κ2) is 9.43. The zero-order chi connectivity index (χ0) is 15.1. The molecule has 1 aromatic carbocycles. The molecule has 1 unspecified atom stereocenters. The molecule has 1 atom stereocenters. The van der Waals surface area contributed by atoms with E-state index in [1.807, 2.05) is 35.2 Å². The van der Waals surface area contributed by atoms with Crippen LogP contribution in [0.3, 0.4) is 0 Å². The van der Waals surface area contributed by atoms with Gasteiger partial charge in [0, 0.05) is 25.6 Å². The highest BCUT2D eigenvalue weighted by atomic mass is 35.5. The van der Waals surface area contributed by atoms with E-state index in [9.17, 15) is 9.59 Å². The minimum absolute atomic E-state index is 0. The van der Waals surface area contributed by atoms with Crippen LogP contribution in [-0.4, -0.2) is 49.4 Å². The standard InChI is InChI=1S/C16H23N3O2.ClH/c1-17-11-15(20)18-14-9-10-19(12-14)16(21)8-7-13-5-3-2-4-6-13;/h2-6,14,17H,7-12H2,1H3,(H,18,20);1H. The summed E-state index contributed by atoms with van der Waals surface area (Å²) < 4.78 is 0. The molecule has 0 aliphatic carbocycles. The van der Waals surface area contributed by atoms with Crippen LogP contribution in [0.15, 0.2) is 30.3 Å². The number of nitrogens with zero attached hydrogens (tertiary/aromatic N) is 1. The van der Waals surface area contributed by atoms with Gasteiger partial charge >= 0.3 is 0 Å². The molecule has 0 bridgehead atoms. The van der Waals surface area contributed by atoms with E-state index < -0.39 is 0 Å². The lowest BCUT2D eigenvalue weighted by Crippen LogP contribution is -2.41. The van der Waals surface area contributed by atoms with E-state index in [2.05, 4.69) is 10.6 Å². The Kier molecular flexibility index (Phi) is 7.91. The van der Waals surface area contributed by atoms with Gasteiger partial charge in [-0.3, -0.25) is 9.59 Å². The summed E-state index contributed by atoms with van der Waals surface area (Å²) in [6, 6.07) is 10.1. The molecule has 0 aromatic heterocycles. The van der Waals surface area contributed by atoms with Crippen molar-refractivity contribution in [3.05, 3.63) is 35.9 Å². The van der Waals surface area contributed by atoms with Gasteiger partial charge in [-0.15, -0.1) is 12.4 Å². The molecule has 0 saturated carbocycles. The number of carbonyl (C=O) groups excluding carboxylic acids is 2. The summed E-state index contributed by atoms with van der Waals surface area (Å²) in [6.07, 6.45) is 2.14. The van der Waals surface area contributed by atoms with Crippen molar-refractivity contribution >= 4 is 24.2 Å². The first-order chi connectivity index (χ1) is 10.2. The maximum atomic E-state index is 12.2. The fourth-order valence-electron chi connectivity index (χ4n) is 2.60. The zero-order valence-electron chi connectivity index (χ0n) is 12.9. The number of halogens is 1. The molecule has 1 fully saturated rings. The zero-order valence-corrected chi connectivity index (χ0v) is 13.7. The van der Waals surface area contributed by atoms with Gasteiger partial charge < -0.3 is 15.5 Å². The summed E-state index contributed by atoms with van der Waals surface area (Å²) in [5.74, 6) is 0.158. The maximum Gasteiger partial charge on any atom is 0.234 e. The Balaban J connectivity index is 0.00000242. The predicted molar refractivity (Wildman–Crippen MR) is 89.1 cm³/mol. The van der Waals surface area contributed by atoms with Crippen molar-refractivity contribution in [1.29, 1.82) is 0 Å². The van der Waals surface area contributed by atoms with Crippen molar-refractivity contribution in [2.75, 3.05) is 26.7 Å².